The van der Waals surface area contributed by atoms with E-state index in [9.17, 15) is 9.59 Å². The third kappa shape index (κ3) is 1.89. The van der Waals surface area contributed by atoms with E-state index < -0.39 is 5.97 Å². The molecule has 2 rings (SSSR count). The molecule has 0 aromatic carbocycles. The Morgan fingerprint density at radius 3 is 2.43 bits per heavy atom. The van der Waals surface area contributed by atoms with Crippen molar-refractivity contribution in [1.29, 1.82) is 0 Å². The summed E-state index contributed by atoms with van der Waals surface area (Å²) >= 11 is 0. The van der Waals surface area contributed by atoms with E-state index in [2.05, 4.69) is 5.32 Å². The van der Waals surface area contributed by atoms with E-state index in [1.165, 1.54) is 0 Å². The fourth-order valence-corrected chi connectivity index (χ4v) is 2.07. The normalized spacial score (nSPS) is 31.4. The summed E-state index contributed by atoms with van der Waals surface area (Å²) in [5.74, 6) is -0.908. The highest BCUT2D eigenvalue weighted by molar-refractivity contribution is 5.82. The minimum Gasteiger partial charge on any atom is -0.481 e. The molecule has 0 radical (unpaired) electrons. The van der Waals surface area contributed by atoms with Gasteiger partial charge in [0.05, 0.1) is 5.92 Å². The molecular weight excluding hydrogens is 182 g/mol. The quantitative estimate of drug-likeness (QED) is 0.702. The van der Waals surface area contributed by atoms with Crippen molar-refractivity contribution in [2.24, 2.45) is 11.8 Å². The molecule has 78 valence electrons. The highest BCUT2D eigenvalue weighted by atomic mass is 16.4. The zero-order chi connectivity index (χ0) is 10.1. The molecule has 2 aliphatic rings. The van der Waals surface area contributed by atoms with Gasteiger partial charge in [0.15, 0.2) is 0 Å². The Balaban J connectivity index is 1.89. The lowest BCUT2D eigenvalue weighted by atomic mass is 10.0. The number of amides is 1. The smallest absolute Gasteiger partial charge is 0.308 e. The first kappa shape index (κ1) is 9.49. The van der Waals surface area contributed by atoms with Crippen molar-refractivity contribution in [2.45, 2.75) is 38.1 Å². The van der Waals surface area contributed by atoms with E-state index >= 15 is 0 Å². The molecule has 0 aromatic heterocycles. The van der Waals surface area contributed by atoms with Gasteiger partial charge in [-0.3, -0.25) is 9.59 Å². The zero-order valence-electron chi connectivity index (χ0n) is 8.03. The topological polar surface area (TPSA) is 66.4 Å². The van der Waals surface area contributed by atoms with Gasteiger partial charge in [-0.2, -0.15) is 0 Å². The van der Waals surface area contributed by atoms with Crippen LogP contribution in [-0.4, -0.2) is 23.0 Å². The maximum Gasteiger partial charge on any atom is 0.308 e. The summed E-state index contributed by atoms with van der Waals surface area (Å²) in [7, 11) is 0. The van der Waals surface area contributed by atoms with Crippen LogP contribution in [-0.2, 0) is 9.59 Å². The van der Waals surface area contributed by atoms with Crippen LogP contribution in [0.25, 0.3) is 0 Å². The molecule has 0 aliphatic heterocycles. The first-order valence-electron chi connectivity index (χ1n) is 5.21. The van der Waals surface area contributed by atoms with E-state index in [0.29, 0.717) is 6.42 Å². The maximum absolute atomic E-state index is 11.4. The molecule has 0 bridgehead atoms. The fourth-order valence-electron chi connectivity index (χ4n) is 2.07. The van der Waals surface area contributed by atoms with Crippen molar-refractivity contribution in [2.75, 3.05) is 0 Å². The molecule has 0 spiro atoms. The number of carboxylic acid groups (broad SMARTS) is 1. The molecule has 2 aliphatic carbocycles. The molecule has 2 fully saturated rings. The number of rotatable bonds is 3. The van der Waals surface area contributed by atoms with Gasteiger partial charge in [-0.05, 0) is 25.7 Å². The van der Waals surface area contributed by atoms with E-state index in [0.717, 1.165) is 25.7 Å². The second-order valence-corrected chi connectivity index (χ2v) is 4.26. The van der Waals surface area contributed by atoms with Crippen LogP contribution in [0.15, 0.2) is 0 Å². The molecule has 2 saturated carbocycles. The van der Waals surface area contributed by atoms with E-state index in [1.807, 2.05) is 0 Å². The Bertz CT molecular complexity index is 260. The summed E-state index contributed by atoms with van der Waals surface area (Å²) < 4.78 is 0. The van der Waals surface area contributed by atoms with Gasteiger partial charge < -0.3 is 10.4 Å². The first-order valence-corrected chi connectivity index (χ1v) is 5.21. The van der Waals surface area contributed by atoms with Crippen molar-refractivity contribution in [3.63, 3.8) is 0 Å². The lowest BCUT2D eigenvalue weighted by Gasteiger charge is -2.17. The average Bonchev–Trinajstić information content (AvgIpc) is 2.87. The first-order chi connectivity index (χ1) is 6.68. The molecule has 0 aromatic rings. The van der Waals surface area contributed by atoms with Crippen LogP contribution in [0.1, 0.15) is 32.1 Å². The van der Waals surface area contributed by atoms with Gasteiger partial charge in [0.25, 0.3) is 0 Å². The predicted molar refractivity (Wildman–Crippen MR) is 49.6 cm³/mol. The van der Waals surface area contributed by atoms with Crippen molar-refractivity contribution in [3.8, 4) is 0 Å². The minimum absolute atomic E-state index is 0.0585. The molecule has 1 amide bonds. The largest absolute Gasteiger partial charge is 0.481 e. The Labute approximate surface area is 82.7 Å². The summed E-state index contributed by atoms with van der Waals surface area (Å²) in [6, 6.07) is -0.124. The summed E-state index contributed by atoms with van der Waals surface area (Å²) in [4.78, 5) is 22.3. The number of hydrogen-bond acceptors (Lipinski definition) is 2. The van der Waals surface area contributed by atoms with E-state index in [4.69, 9.17) is 5.11 Å². The predicted octanol–water partition coefficient (Wildman–Crippen LogP) is 0.766. The number of nitrogens with one attached hydrogen (secondary N) is 1. The van der Waals surface area contributed by atoms with Crippen LogP contribution in [0.5, 0.6) is 0 Å². The maximum atomic E-state index is 11.4. The highest BCUT2D eigenvalue weighted by Gasteiger charge is 2.37. The van der Waals surface area contributed by atoms with Gasteiger partial charge in [0.1, 0.15) is 0 Å². The summed E-state index contributed by atoms with van der Waals surface area (Å²) in [5, 5.41) is 11.8. The second-order valence-electron chi connectivity index (χ2n) is 4.26. The fraction of sp³-hybridized carbons (Fsp3) is 0.800. The summed E-state index contributed by atoms with van der Waals surface area (Å²) in [5.41, 5.74) is 0. The molecule has 4 nitrogen and oxygen atoms in total. The highest BCUT2D eigenvalue weighted by Crippen LogP contribution is 2.31. The number of hydrogen-bond donors (Lipinski definition) is 2. The van der Waals surface area contributed by atoms with Crippen molar-refractivity contribution >= 4 is 11.9 Å². The molecule has 4 heteroatoms. The molecule has 2 atom stereocenters. The van der Waals surface area contributed by atoms with Crippen molar-refractivity contribution in [1.82, 2.24) is 5.32 Å². The number of carbonyl (C=O) groups excluding carboxylic acids is 1. The number of carboxylic acids is 1. The van der Waals surface area contributed by atoms with Gasteiger partial charge in [0.2, 0.25) is 5.91 Å². The van der Waals surface area contributed by atoms with E-state index in [-0.39, 0.29) is 23.8 Å². The monoisotopic (exact) mass is 197 g/mol. The molecule has 0 heterocycles. The number of carbonyl (C=O) groups is 2. The second kappa shape index (κ2) is 3.59. The van der Waals surface area contributed by atoms with Gasteiger partial charge in [-0.15, -0.1) is 0 Å². The molecule has 14 heavy (non-hydrogen) atoms. The van der Waals surface area contributed by atoms with Crippen LogP contribution < -0.4 is 5.32 Å². The van der Waals surface area contributed by atoms with E-state index in [1.54, 1.807) is 0 Å². The van der Waals surface area contributed by atoms with Gasteiger partial charge in [0, 0.05) is 12.0 Å². The third-order valence-corrected chi connectivity index (χ3v) is 3.11. The molecule has 0 saturated heterocycles. The Kier molecular flexibility index (Phi) is 2.44. The van der Waals surface area contributed by atoms with Crippen LogP contribution in [0.3, 0.4) is 0 Å². The number of aliphatic carboxylic acids is 1. The molecular formula is C10H15NO3. The molecule has 2 N–H and O–H groups in total. The van der Waals surface area contributed by atoms with Gasteiger partial charge >= 0.3 is 5.97 Å². The summed E-state index contributed by atoms with van der Waals surface area (Å²) in [6.45, 7) is 0. The van der Waals surface area contributed by atoms with Gasteiger partial charge in [-0.1, -0.05) is 6.42 Å². The Hall–Kier alpha value is -1.06. The van der Waals surface area contributed by atoms with Crippen LogP contribution in [0, 0.1) is 11.8 Å². The van der Waals surface area contributed by atoms with Crippen LogP contribution >= 0.6 is 0 Å². The standard InChI is InChI=1S/C10H15NO3/c12-9(6-4-5-6)11-8-3-1-2-7(8)10(13)14/h6-8H,1-5H2,(H,11,12)(H,13,14). The SMILES string of the molecule is O=C(NC1CCCC1C(=O)O)C1CC1. The zero-order valence-corrected chi connectivity index (χ0v) is 8.03. The Morgan fingerprint density at radius 2 is 1.86 bits per heavy atom. The lowest BCUT2D eigenvalue weighted by molar-refractivity contribution is -0.142. The van der Waals surface area contributed by atoms with Crippen LogP contribution in [0.2, 0.25) is 0 Å². The van der Waals surface area contributed by atoms with Gasteiger partial charge in [-0.25, -0.2) is 0 Å². The third-order valence-electron chi connectivity index (χ3n) is 3.11. The molecule has 2 unspecified atom stereocenters. The van der Waals surface area contributed by atoms with Crippen molar-refractivity contribution in [3.05, 3.63) is 0 Å². The Morgan fingerprint density at radius 1 is 1.14 bits per heavy atom. The summed E-state index contributed by atoms with van der Waals surface area (Å²) in [6.07, 6.45) is 4.36. The average molecular weight is 197 g/mol. The van der Waals surface area contributed by atoms with Crippen molar-refractivity contribution < 1.29 is 14.7 Å². The minimum atomic E-state index is -0.774. The lowest BCUT2D eigenvalue weighted by Crippen LogP contribution is -2.40. The van der Waals surface area contributed by atoms with Crippen LogP contribution in [0.4, 0.5) is 0 Å².